The lowest BCUT2D eigenvalue weighted by Crippen LogP contribution is -2.05. The molecule has 0 aliphatic carbocycles. The fraction of sp³-hybridized carbons (Fsp3) is 0.294. The molecule has 2 rings (SSSR count). The van der Waals surface area contributed by atoms with E-state index < -0.39 is 0 Å². The second-order valence-corrected chi connectivity index (χ2v) is 5.73. The molecule has 0 unspecified atom stereocenters. The average molecular weight is 308 g/mol. The summed E-state index contributed by atoms with van der Waals surface area (Å²) in [6.45, 7) is 5.44. The van der Waals surface area contributed by atoms with Crippen molar-refractivity contribution in [3.05, 3.63) is 58.9 Å². The summed E-state index contributed by atoms with van der Waals surface area (Å²) in [4.78, 5) is 0. The van der Waals surface area contributed by atoms with E-state index in [0.29, 0.717) is 24.1 Å². The van der Waals surface area contributed by atoms with Crippen molar-refractivity contribution in [2.75, 3.05) is 11.9 Å². The molecule has 0 bridgehead atoms. The summed E-state index contributed by atoms with van der Waals surface area (Å²) in [7, 11) is 0. The monoisotopic (exact) mass is 307 g/mol. The Morgan fingerprint density at radius 2 is 2.00 bits per heavy atom. The van der Waals surface area contributed by atoms with Gasteiger partial charge in [-0.1, -0.05) is 37.6 Å². The molecule has 1 N–H and O–H groups in total. The van der Waals surface area contributed by atoms with Crippen LogP contribution in [0.2, 0.25) is 5.02 Å². The Balaban J connectivity index is 1.98. The minimum Gasteiger partial charge on any atom is -0.493 e. The third-order valence-corrected chi connectivity index (χ3v) is 3.27. The van der Waals surface area contributed by atoms with Crippen LogP contribution in [0.5, 0.6) is 5.75 Å². The fourth-order valence-corrected chi connectivity index (χ4v) is 2.06. The van der Waals surface area contributed by atoms with Crippen LogP contribution in [0, 0.1) is 11.7 Å². The molecule has 0 heterocycles. The van der Waals surface area contributed by atoms with Gasteiger partial charge in [-0.15, -0.1) is 0 Å². The third-order valence-electron chi connectivity index (χ3n) is 2.92. The first-order valence-corrected chi connectivity index (χ1v) is 7.33. The zero-order valence-electron chi connectivity index (χ0n) is 12.2. The van der Waals surface area contributed by atoms with Crippen LogP contribution in [0.25, 0.3) is 0 Å². The lowest BCUT2D eigenvalue weighted by Gasteiger charge is -2.12. The van der Waals surface area contributed by atoms with Gasteiger partial charge in [-0.05, 0) is 35.7 Å². The minimum atomic E-state index is -0.326. The van der Waals surface area contributed by atoms with E-state index in [4.69, 9.17) is 16.3 Å². The highest BCUT2D eigenvalue weighted by Gasteiger charge is 2.03. The number of nitrogens with one attached hydrogen (secondary N) is 1. The largest absolute Gasteiger partial charge is 0.493 e. The van der Waals surface area contributed by atoms with Gasteiger partial charge in [-0.3, -0.25) is 0 Å². The predicted octanol–water partition coefficient (Wildman–Crippen LogP) is 5.13. The van der Waals surface area contributed by atoms with Crippen LogP contribution in [0.1, 0.15) is 19.4 Å². The minimum absolute atomic E-state index is 0.326. The van der Waals surface area contributed by atoms with E-state index in [1.807, 2.05) is 24.3 Å². The smallest absolute Gasteiger partial charge is 0.124 e. The number of hydrogen-bond acceptors (Lipinski definition) is 2. The van der Waals surface area contributed by atoms with Gasteiger partial charge in [-0.25, -0.2) is 4.39 Å². The highest BCUT2D eigenvalue weighted by atomic mass is 35.5. The lowest BCUT2D eigenvalue weighted by atomic mass is 10.2. The van der Waals surface area contributed by atoms with Crippen molar-refractivity contribution in [1.29, 1.82) is 0 Å². The second-order valence-electron chi connectivity index (χ2n) is 5.32. The highest BCUT2D eigenvalue weighted by Crippen LogP contribution is 2.21. The molecule has 0 amide bonds. The topological polar surface area (TPSA) is 21.3 Å². The lowest BCUT2D eigenvalue weighted by molar-refractivity contribution is 0.271. The molecular weight excluding hydrogens is 289 g/mol. The zero-order chi connectivity index (χ0) is 15.2. The molecule has 0 radical (unpaired) electrons. The summed E-state index contributed by atoms with van der Waals surface area (Å²) in [5.74, 6) is 0.992. The van der Waals surface area contributed by atoms with Gasteiger partial charge in [0.05, 0.1) is 6.61 Å². The van der Waals surface area contributed by atoms with Gasteiger partial charge < -0.3 is 10.1 Å². The van der Waals surface area contributed by atoms with E-state index in [2.05, 4.69) is 19.2 Å². The standard InChI is InChI=1S/C17H19ClFNO/c1-12(2)11-21-16-5-3-4-15(9-16)20-10-13-6-7-14(19)8-17(13)18/h3-9,12,20H,10-11H2,1-2H3. The fourth-order valence-electron chi connectivity index (χ4n) is 1.82. The van der Waals surface area contributed by atoms with Gasteiger partial charge in [0, 0.05) is 23.3 Å². The van der Waals surface area contributed by atoms with E-state index in [1.165, 1.54) is 12.1 Å². The van der Waals surface area contributed by atoms with E-state index in [1.54, 1.807) is 6.07 Å². The normalized spacial score (nSPS) is 10.7. The number of anilines is 1. The molecule has 21 heavy (non-hydrogen) atoms. The first kappa shape index (κ1) is 15.6. The third kappa shape index (κ3) is 4.94. The van der Waals surface area contributed by atoms with Gasteiger partial charge in [0.25, 0.3) is 0 Å². The average Bonchev–Trinajstić information content (AvgIpc) is 2.45. The van der Waals surface area contributed by atoms with Crippen molar-refractivity contribution in [2.45, 2.75) is 20.4 Å². The van der Waals surface area contributed by atoms with E-state index in [9.17, 15) is 4.39 Å². The van der Waals surface area contributed by atoms with E-state index in [-0.39, 0.29) is 5.82 Å². The molecule has 112 valence electrons. The molecule has 0 spiro atoms. The van der Waals surface area contributed by atoms with Crippen molar-refractivity contribution in [3.8, 4) is 5.75 Å². The van der Waals surface area contributed by atoms with Crippen molar-refractivity contribution >= 4 is 17.3 Å². The molecule has 0 fully saturated rings. The van der Waals surface area contributed by atoms with E-state index in [0.717, 1.165) is 17.0 Å². The Morgan fingerprint density at radius 1 is 1.19 bits per heavy atom. The Hall–Kier alpha value is -1.74. The van der Waals surface area contributed by atoms with Crippen molar-refractivity contribution < 1.29 is 9.13 Å². The molecule has 2 nitrogen and oxygen atoms in total. The molecule has 0 saturated carbocycles. The SMILES string of the molecule is CC(C)COc1cccc(NCc2ccc(F)cc2Cl)c1. The summed E-state index contributed by atoms with van der Waals surface area (Å²) in [6.07, 6.45) is 0. The maximum absolute atomic E-state index is 13.0. The van der Waals surface area contributed by atoms with Gasteiger partial charge >= 0.3 is 0 Å². The molecule has 0 aromatic heterocycles. The van der Waals surface area contributed by atoms with Crippen LogP contribution >= 0.6 is 11.6 Å². The molecular formula is C17H19ClFNO. The number of ether oxygens (including phenoxy) is 1. The van der Waals surface area contributed by atoms with Crippen molar-refractivity contribution in [3.63, 3.8) is 0 Å². The summed E-state index contributed by atoms with van der Waals surface area (Å²) in [5.41, 5.74) is 1.79. The Morgan fingerprint density at radius 3 is 2.71 bits per heavy atom. The Bertz CT molecular complexity index is 601. The Kier molecular flexibility index (Phi) is 5.45. The van der Waals surface area contributed by atoms with Gasteiger partial charge in [0.15, 0.2) is 0 Å². The highest BCUT2D eigenvalue weighted by molar-refractivity contribution is 6.31. The first-order valence-electron chi connectivity index (χ1n) is 6.95. The summed E-state index contributed by atoms with van der Waals surface area (Å²) in [5, 5.41) is 3.69. The van der Waals surface area contributed by atoms with Crippen LogP contribution < -0.4 is 10.1 Å². The molecule has 2 aromatic carbocycles. The van der Waals surface area contributed by atoms with Gasteiger partial charge in [-0.2, -0.15) is 0 Å². The van der Waals surface area contributed by atoms with Crippen molar-refractivity contribution in [2.24, 2.45) is 5.92 Å². The second kappa shape index (κ2) is 7.32. The quantitative estimate of drug-likeness (QED) is 0.799. The summed E-state index contributed by atoms with van der Waals surface area (Å²) < 4.78 is 18.7. The summed E-state index contributed by atoms with van der Waals surface area (Å²) >= 11 is 6.01. The van der Waals surface area contributed by atoms with Crippen molar-refractivity contribution in [1.82, 2.24) is 0 Å². The molecule has 0 aliphatic heterocycles. The molecule has 0 saturated heterocycles. The van der Waals surface area contributed by atoms with Crippen LogP contribution in [0.15, 0.2) is 42.5 Å². The molecule has 0 atom stereocenters. The molecule has 0 aliphatic rings. The van der Waals surface area contributed by atoms with Crippen LogP contribution in [0.3, 0.4) is 0 Å². The van der Waals surface area contributed by atoms with Crippen LogP contribution in [-0.4, -0.2) is 6.61 Å². The predicted molar refractivity (Wildman–Crippen MR) is 85.5 cm³/mol. The number of hydrogen-bond donors (Lipinski definition) is 1. The number of benzene rings is 2. The number of rotatable bonds is 6. The maximum atomic E-state index is 13.0. The van der Waals surface area contributed by atoms with E-state index >= 15 is 0 Å². The first-order chi connectivity index (χ1) is 10.0. The maximum Gasteiger partial charge on any atom is 0.124 e. The van der Waals surface area contributed by atoms with Crippen LogP contribution in [-0.2, 0) is 6.54 Å². The Labute approximate surface area is 129 Å². The van der Waals surface area contributed by atoms with Gasteiger partial charge in [0.2, 0.25) is 0 Å². The molecule has 4 heteroatoms. The number of halogens is 2. The van der Waals surface area contributed by atoms with Crippen LogP contribution in [0.4, 0.5) is 10.1 Å². The summed E-state index contributed by atoms with van der Waals surface area (Å²) in [6, 6.07) is 12.2. The molecule has 2 aromatic rings. The van der Waals surface area contributed by atoms with Gasteiger partial charge in [0.1, 0.15) is 11.6 Å². The zero-order valence-corrected chi connectivity index (χ0v) is 13.0.